The molecule has 0 bridgehead atoms. The molecule has 0 radical (unpaired) electrons. The molecular formula is C14H22N2O3S. The third-order valence-corrected chi connectivity index (χ3v) is 4.72. The molecule has 0 heterocycles. The zero-order valence-corrected chi connectivity index (χ0v) is 13.2. The maximum atomic E-state index is 12.4. The molecule has 6 heteroatoms. The number of nitrogens with one attached hydrogen (secondary N) is 1. The Hall–Kier alpha value is -1.40. The van der Waals surface area contributed by atoms with Crippen LogP contribution in [0.15, 0.2) is 29.2 Å². The molecule has 1 aromatic carbocycles. The van der Waals surface area contributed by atoms with Crippen molar-refractivity contribution in [2.45, 2.75) is 38.6 Å². The first-order chi connectivity index (χ1) is 9.27. The molecule has 0 unspecified atom stereocenters. The van der Waals surface area contributed by atoms with Crippen molar-refractivity contribution < 1.29 is 13.2 Å². The van der Waals surface area contributed by atoms with Gasteiger partial charge in [0.05, 0.1) is 11.4 Å². The lowest BCUT2D eigenvalue weighted by Gasteiger charge is -2.20. The number of hydrogen-bond donors (Lipinski definition) is 1. The third-order valence-electron chi connectivity index (χ3n) is 2.78. The lowest BCUT2D eigenvalue weighted by Crippen LogP contribution is -2.42. The predicted molar refractivity (Wildman–Crippen MR) is 78.9 cm³/mol. The van der Waals surface area contributed by atoms with Gasteiger partial charge in [0.15, 0.2) is 0 Å². The van der Waals surface area contributed by atoms with E-state index in [0.29, 0.717) is 0 Å². The van der Waals surface area contributed by atoms with E-state index >= 15 is 0 Å². The minimum atomic E-state index is -3.63. The summed E-state index contributed by atoms with van der Waals surface area (Å²) >= 11 is 0. The van der Waals surface area contributed by atoms with E-state index in [0.717, 1.165) is 5.56 Å². The molecular weight excluding hydrogens is 276 g/mol. The van der Waals surface area contributed by atoms with Crippen LogP contribution in [0.1, 0.15) is 26.3 Å². The predicted octanol–water partition coefficient (Wildman–Crippen LogP) is 1.53. The van der Waals surface area contributed by atoms with E-state index in [9.17, 15) is 13.2 Å². The van der Waals surface area contributed by atoms with Crippen LogP contribution in [0.25, 0.3) is 0 Å². The summed E-state index contributed by atoms with van der Waals surface area (Å²) in [5.41, 5.74) is 0.990. The van der Waals surface area contributed by atoms with Crippen LogP contribution in [0, 0.1) is 6.92 Å². The smallest absolute Gasteiger partial charge is 0.243 e. The van der Waals surface area contributed by atoms with Gasteiger partial charge in [0.1, 0.15) is 0 Å². The number of carbonyl (C=O) groups excluding carboxylic acids is 1. The fraction of sp³-hybridized carbons (Fsp3) is 0.500. The molecule has 112 valence electrons. The number of carbonyl (C=O) groups is 1. The monoisotopic (exact) mass is 298 g/mol. The summed E-state index contributed by atoms with van der Waals surface area (Å²) in [7, 11) is -3.63. The van der Waals surface area contributed by atoms with Crippen molar-refractivity contribution in [2.75, 3.05) is 13.1 Å². The molecule has 0 aliphatic rings. The summed E-state index contributed by atoms with van der Waals surface area (Å²) in [6, 6.07) is 6.61. The van der Waals surface area contributed by atoms with Crippen LogP contribution in [-0.4, -0.2) is 37.8 Å². The highest BCUT2D eigenvalue weighted by Gasteiger charge is 2.25. The molecule has 0 atom stereocenters. The van der Waals surface area contributed by atoms with E-state index in [1.807, 2.05) is 20.8 Å². The number of sulfonamides is 1. The Morgan fingerprint density at radius 1 is 1.25 bits per heavy atom. The Labute approximate surface area is 121 Å². The van der Waals surface area contributed by atoms with Crippen molar-refractivity contribution in [3.05, 3.63) is 29.8 Å². The van der Waals surface area contributed by atoms with Crippen LogP contribution in [0.4, 0.5) is 0 Å². The SMILES string of the molecule is CCN(CC(=O)NC(C)C)S(=O)(=O)c1ccc(C)cc1. The maximum Gasteiger partial charge on any atom is 0.243 e. The first-order valence-corrected chi connectivity index (χ1v) is 8.07. The number of aryl methyl sites for hydroxylation is 1. The fourth-order valence-corrected chi connectivity index (χ4v) is 3.16. The highest BCUT2D eigenvalue weighted by molar-refractivity contribution is 7.89. The van der Waals surface area contributed by atoms with Gasteiger partial charge in [-0.05, 0) is 32.9 Å². The van der Waals surface area contributed by atoms with E-state index in [4.69, 9.17) is 0 Å². The minimum absolute atomic E-state index is 0.0108. The Morgan fingerprint density at radius 3 is 2.25 bits per heavy atom. The minimum Gasteiger partial charge on any atom is -0.353 e. The van der Waals surface area contributed by atoms with E-state index in [2.05, 4.69) is 5.32 Å². The van der Waals surface area contributed by atoms with Crippen molar-refractivity contribution in [3.63, 3.8) is 0 Å². The average Bonchev–Trinajstić information content (AvgIpc) is 2.35. The standard InChI is InChI=1S/C14H22N2O3S/c1-5-16(10-14(17)15-11(2)3)20(18,19)13-8-6-12(4)7-9-13/h6-9,11H,5,10H2,1-4H3,(H,15,17). The van der Waals surface area contributed by atoms with E-state index in [1.165, 1.54) is 4.31 Å². The Bertz CT molecular complexity index is 550. The van der Waals surface area contributed by atoms with Crippen molar-refractivity contribution in [3.8, 4) is 0 Å². The average molecular weight is 298 g/mol. The van der Waals surface area contributed by atoms with Gasteiger partial charge in [-0.3, -0.25) is 4.79 Å². The second-order valence-electron chi connectivity index (χ2n) is 4.97. The molecule has 0 spiro atoms. The van der Waals surface area contributed by atoms with Crippen LogP contribution in [0.2, 0.25) is 0 Å². The first kappa shape index (κ1) is 16.7. The molecule has 1 aromatic rings. The van der Waals surface area contributed by atoms with Crippen molar-refractivity contribution in [1.82, 2.24) is 9.62 Å². The van der Waals surface area contributed by atoms with Gasteiger partial charge in [-0.15, -0.1) is 0 Å². The molecule has 0 aliphatic heterocycles. The highest BCUT2D eigenvalue weighted by atomic mass is 32.2. The number of rotatable bonds is 6. The topological polar surface area (TPSA) is 66.5 Å². The number of hydrogen-bond acceptors (Lipinski definition) is 3. The van der Waals surface area contributed by atoms with Crippen LogP contribution in [0.3, 0.4) is 0 Å². The van der Waals surface area contributed by atoms with Gasteiger partial charge in [-0.1, -0.05) is 24.6 Å². The summed E-state index contributed by atoms with van der Waals surface area (Å²) in [5, 5.41) is 2.70. The van der Waals surface area contributed by atoms with E-state index in [-0.39, 0.29) is 29.9 Å². The maximum absolute atomic E-state index is 12.4. The molecule has 0 saturated heterocycles. The molecule has 1 amide bonds. The van der Waals surface area contributed by atoms with Crippen LogP contribution >= 0.6 is 0 Å². The number of nitrogens with zero attached hydrogens (tertiary/aromatic N) is 1. The van der Waals surface area contributed by atoms with Gasteiger partial charge >= 0.3 is 0 Å². The quantitative estimate of drug-likeness (QED) is 0.866. The first-order valence-electron chi connectivity index (χ1n) is 6.63. The van der Waals surface area contributed by atoms with E-state index < -0.39 is 10.0 Å². The molecule has 20 heavy (non-hydrogen) atoms. The second kappa shape index (κ2) is 6.85. The summed E-state index contributed by atoms with van der Waals surface area (Å²) in [6.45, 7) is 7.37. The van der Waals surface area contributed by atoms with Crippen molar-refractivity contribution >= 4 is 15.9 Å². The molecule has 5 nitrogen and oxygen atoms in total. The zero-order chi connectivity index (χ0) is 15.3. The van der Waals surface area contributed by atoms with Crippen LogP contribution in [-0.2, 0) is 14.8 Å². The Balaban J connectivity index is 2.92. The lowest BCUT2D eigenvalue weighted by molar-refractivity contribution is -0.121. The lowest BCUT2D eigenvalue weighted by atomic mass is 10.2. The molecule has 1 N–H and O–H groups in total. The van der Waals surface area contributed by atoms with Crippen LogP contribution < -0.4 is 5.32 Å². The largest absolute Gasteiger partial charge is 0.353 e. The molecule has 0 aromatic heterocycles. The third kappa shape index (κ3) is 4.31. The van der Waals surface area contributed by atoms with Crippen LogP contribution in [0.5, 0.6) is 0 Å². The molecule has 0 fully saturated rings. The van der Waals surface area contributed by atoms with Gasteiger partial charge in [0, 0.05) is 12.6 Å². The molecule has 0 saturated carbocycles. The molecule has 0 aliphatic carbocycles. The number of likely N-dealkylation sites (N-methyl/N-ethyl adjacent to an activating group) is 1. The second-order valence-corrected chi connectivity index (χ2v) is 6.90. The summed E-state index contributed by atoms with van der Waals surface area (Å²) in [5.74, 6) is -0.294. The van der Waals surface area contributed by atoms with Crippen molar-refractivity contribution in [2.24, 2.45) is 0 Å². The highest BCUT2D eigenvalue weighted by Crippen LogP contribution is 2.15. The summed E-state index contributed by atoms with van der Waals surface area (Å²) < 4.78 is 26.1. The van der Waals surface area contributed by atoms with Gasteiger partial charge in [0.25, 0.3) is 0 Å². The normalized spacial score (nSPS) is 11.9. The van der Waals surface area contributed by atoms with Gasteiger partial charge < -0.3 is 5.32 Å². The Morgan fingerprint density at radius 2 is 1.80 bits per heavy atom. The Kier molecular flexibility index (Phi) is 5.71. The zero-order valence-electron chi connectivity index (χ0n) is 12.4. The van der Waals surface area contributed by atoms with Crippen molar-refractivity contribution in [1.29, 1.82) is 0 Å². The summed E-state index contributed by atoms with van der Waals surface area (Å²) in [4.78, 5) is 11.9. The van der Waals surface area contributed by atoms with Gasteiger partial charge in [-0.2, -0.15) is 4.31 Å². The summed E-state index contributed by atoms with van der Waals surface area (Å²) in [6.07, 6.45) is 0. The van der Waals surface area contributed by atoms with Gasteiger partial charge in [0.2, 0.25) is 15.9 Å². The number of amides is 1. The van der Waals surface area contributed by atoms with E-state index in [1.54, 1.807) is 31.2 Å². The van der Waals surface area contributed by atoms with Gasteiger partial charge in [-0.25, -0.2) is 8.42 Å². The fourth-order valence-electron chi connectivity index (χ4n) is 1.75. The number of benzene rings is 1. The molecule has 1 rings (SSSR count).